The third kappa shape index (κ3) is 6.84. The summed E-state index contributed by atoms with van der Waals surface area (Å²) < 4.78 is 6.26. The highest BCUT2D eigenvalue weighted by Crippen LogP contribution is 2.27. The first-order valence-corrected chi connectivity index (χ1v) is 11.1. The van der Waals surface area contributed by atoms with E-state index >= 15 is 0 Å². The molecule has 2 aromatic carbocycles. The number of aromatic hydroxyl groups is 1. The zero-order chi connectivity index (χ0) is 25.5. The number of benzene rings is 2. The number of aromatic nitrogens is 3. The summed E-state index contributed by atoms with van der Waals surface area (Å²) in [6.07, 6.45) is 0.0380. The lowest BCUT2D eigenvalue weighted by molar-refractivity contribution is -0.116. The summed E-state index contributed by atoms with van der Waals surface area (Å²) in [5.41, 5.74) is 3.76. The zero-order valence-corrected chi connectivity index (χ0v) is 20.4. The van der Waals surface area contributed by atoms with Crippen molar-refractivity contribution in [2.75, 3.05) is 23.7 Å². The Kier molecular flexibility index (Phi) is 8.50. The van der Waals surface area contributed by atoms with Gasteiger partial charge in [0.2, 0.25) is 5.91 Å². The standard InChI is InChI=1S/C22H23Cl2N7O4/c1-12-27-29-22(31(12)25)30-28-15(11-19(33)13-3-7-18(32)20(9-13)35-2)5-8-21(34)26-17-6-4-14(23)10-16(17)24/h3-4,6-7,9-10,32H,5,8,11,25H2,1-2H3,(H,26,34)(H,29,30)/b28-15-. The van der Waals surface area contributed by atoms with Crippen LogP contribution in [0.3, 0.4) is 0 Å². The van der Waals surface area contributed by atoms with Gasteiger partial charge < -0.3 is 21.0 Å². The second kappa shape index (κ2) is 11.5. The van der Waals surface area contributed by atoms with Crippen molar-refractivity contribution in [1.82, 2.24) is 14.9 Å². The number of amides is 1. The van der Waals surface area contributed by atoms with E-state index in [-0.39, 0.29) is 48.4 Å². The summed E-state index contributed by atoms with van der Waals surface area (Å²) >= 11 is 12.0. The molecule has 13 heteroatoms. The Morgan fingerprint density at radius 3 is 2.60 bits per heavy atom. The number of hydrogen-bond donors (Lipinski definition) is 4. The van der Waals surface area contributed by atoms with Gasteiger partial charge in [-0.2, -0.15) is 5.10 Å². The summed E-state index contributed by atoms with van der Waals surface area (Å²) in [5, 5.41) is 25.2. The van der Waals surface area contributed by atoms with E-state index < -0.39 is 0 Å². The third-order valence-electron chi connectivity index (χ3n) is 4.89. The number of rotatable bonds is 10. The maximum atomic E-state index is 12.9. The number of nitrogens with zero attached hydrogens (tertiary/aromatic N) is 4. The molecule has 0 fully saturated rings. The molecule has 1 amide bonds. The van der Waals surface area contributed by atoms with Crippen molar-refractivity contribution in [2.24, 2.45) is 5.10 Å². The number of nitrogen functional groups attached to an aromatic ring is 1. The molecule has 0 radical (unpaired) electrons. The average Bonchev–Trinajstić information content (AvgIpc) is 3.15. The number of halogens is 2. The molecule has 0 aliphatic carbocycles. The van der Waals surface area contributed by atoms with Crippen molar-refractivity contribution in [3.63, 3.8) is 0 Å². The Labute approximate surface area is 210 Å². The van der Waals surface area contributed by atoms with Gasteiger partial charge in [0.05, 0.1) is 24.2 Å². The molecule has 0 bridgehead atoms. The molecular weight excluding hydrogens is 497 g/mol. The van der Waals surface area contributed by atoms with Crippen LogP contribution in [0.5, 0.6) is 11.5 Å². The van der Waals surface area contributed by atoms with E-state index in [4.69, 9.17) is 33.8 Å². The Bertz CT molecular complexity index is 1280. The molecule has 11 nitrogen and oxygen atoms in total. The Balaban J connectivity index is 1.74. The van der Waals surface area contributed by atoms with Crippen LogP contribution in [0, 0.1) is 6.92 Å². The number of carbonyl (C=O) groups excluding carboxylic acids is 2. The van der Waals surface area contributed by atoms with Gasteiger partial charge in [-0.1, -0.05) is 23.2 Å². The number of carbonyl (C=O) groups is 2. The number of ketones is 1. The van der Waals surface area contributed by atoms with Crippen molar-refractivity contribution in [3.8, 4) is 11.5 Å². The molecule has 35 heavy (non-hydrogen) atoms. The summed E-state index contributed by atoms with van der Waals surface area (Å²) in [6, 6.07) is 8.99. The number of phenolic OH excluding ortho intramolecular Hbond substituents is 1. The van der Waals surface area contributed by atoms with Crippen LogP contribution in [0.1, 0.15) is 35.4 Å². The minimum Gasteiger partial charge on any atom is -0.504 e. The number of ether oxygens (including phenoxy) is 1. The molecule has 0 aliphatic heterocycles. The first kappa shape index (κ1) is 25.8. The largest absolute Gasteiger partial charge is 0.504 e. The molecule has 0 atom stereocenters. The topological polar surface area (TPSA) is 157 Å². The molecule has 0 saturated carbocycles. The van der Waals surface area contributed by atoms with Crippen LogP contribution < -0.4 is 21.3 Å². The van der Waals surface area contributed by atoms with Crippen LogP contribution in [0.2, 0.25) is 10.0 Å². The van der Waals surface area contributed by atoms with E-state index in [9.17, 15) is 14.7 Å². The van der Waals surface area contributed by atoms with Crippen LogP contribution in [0.15, 0.2) is 41.5 Å². The molecule has 184 valence electrons. The highest BCUT2D eigenvalue weighted by molar-refractivity contribution is 6.36. The van der Waals surface area contributed by atoms with E-state index in [2.05, 4.69) is 26.0 Å². The number of methoxy groups -OCH3 is 1. The van der Waals surface area contributed by atoms with Crippen molar-refractivity contribution in [3.05, 3.63) is 57.8 Å². The summed E-state index contributed by atoms with van der Waals surface area (Å²) in [7, 11) is 1.39. The lowest BCUT2D eigenvalue weighted by Crippen LogP contribution is -2.18. The first-order chi connectivity index (χ1) is 16.7. The number of hydrogen-bond acceptors (Lipinski definition) is 9. The fourth-order valence-corrected chi connectivity index (χ4v) is 3.41. The van der Waals surface area contributed by atoms with Crippen molar-refractivity contribution in [1.29, 1.82) is 0 Å². The molecule has 5 N–H and O–H groups in total. The summed E-state index contributed by atoms with van der Waals surface area (Å²) in [4.78, 5) is 25.4. The second-order valence-electron chi connectivity index (χ2n) is 7.39. The number of aryl methyl sites for hydroxylation is 1. The lowest BCUT2D eigenvalue weighted by atomic mass is 10.0. The van der Waals surface area contributed by atoms with Crippen LogP contribution in [-0.2, 0) is 4.79 Å². The second-order valence-corrected chi connectivity index (χ2v) is 8.23. The molecule has 0 saturated heterocycles. The summed E-state index contributed by atoms with van der Waals surface area (Å²) in [5.74, 6) is 5.89. The fourth-order valence-electron chi connectivity index (χ4n) is 2.96. The predicted octanol–water partition coefficient (Wildman–Crippen LogP) is 3.78. The number of nitrogens with one attached hydrogen (secondary N) is 2. The van der Waals surface area contributed by atoms with Gasteiger partial charge in [0.1, 0.15) is 0 Å². The monoisotopic (exact) mass is 519 g/mol. The number of anilines is 2. The molecule has 0 aliphatic rings. The van der Waals surface area contributed by atoms with Crippen molar-refractivity contribution < 1.29 is 19.4 Å². The minimum atomic E-state index is -0.335. The molecule has 0 spiro atoms. The van der Waals surface area contributed by atoms with Gasteiger partial charge in [0.15, 0.2) is 23.1 Å². The van der Waals surface area contributed by atoms with Crippen LogP contribution in [0.25, 0.3) is 0 Å². The predicted molar refractivity (Wildman–Crippen MR) is 134 cm³/mol. The molecular formula is C22H23Cl2N7O4. The first-order valence-electron chi connectivity index (χ1n) is 10.3. The van der Waals surface area contributed by atoms with E-state index in [1.807, 2.05) is 0 Å². The molecule has 0 unspecified atom stereocenters. The van der Waals surface area contributed by atoms with Gasteiger partial charge in [-0.3, -0.25) is 9.59 Å². The third-order valence-corrected chi connectivity index (χ3v) is 5.44. The van der Waals surface area contributed by atoms with Gasteiger partial charge in [-0.25, -0.2) is 10.1 Å². The van der Waals surface area contributed by atoms with E-state index in [1.165, 1.54) is 36.1 Å². The quantitative estimate of drug-likeness (QED) is 0.136. The number of Topliss-reactive ketones (excluding diaryl/α,β-unsaturated/α-hetero) is 1. The molecule has 3 rings (SSSR count). The smallest absolute Gasteiger partial charge is 0.263 e. The molecule has 1 heterocycles. The number of hydrazone groups is 1. The highest BCUT2D eigenvalue weighted by Gasteiger charge is 2.16. The average molecular weight is 520 g/mol. The van der Waals surface area contributed by atoms with Crippen molar-refractivity contribution >= 4 is 52.2 Å². The van der Waals surface area contributed by atoms with Gasteiger partial charge in [0.25, 0.3) is 5.95 Å². The maximum absolute atomic E-state index is 12.9. The van der Waals surface area contributed by atoms with Gasteiger partial charge >= 0.3 is 0 Å². The fraction of sp³-hybridized carbons (Fsp3) is 0.227. The number of phenols is 1. The zero-order valence-electron chi connectivity index (χ0n) is 18.9. The van der Waals surface area contributed by atoms with Crippen LogP contribution >= 0.6 is 23.2 Å². The van der Waals surface area contributed by atoms with Gasteiger partial charge in [0, 0.05) is 22.7 Å². The van der Waals surface area contributed by atoms with Gasteiger partial charge in [-0.05, 0) is 49.7 Å². The van der Waals surface area contributed by atoms with Crippen molar-refractivity contribution in [2.45, 2.75) is 26.2 Å². The van der Waals surface area contributed by atoms with Gasteiger partial charge in [-0.15, -0.1) is 10.2 Å². The number of nitrogens with two attached hydrogens (primary N) is 1. The normalized spacial score (nSPS) is 11.3. The van der Waals surface area contributed by atoms with E-state index in [1.54, 1.807) is 19.1 Å². The van der Waals surface area contributed by atoms with E-state index in [0.29, 0.717) is 32.8 Å². The Hall–Kier alpha value is -3.83. The SMILES string of the molecule is COc1cc(C(=O)C/C(CCC(=O)Nc2ccc(Cl)cc2Cl)=N\Nc2nnc(C)n2N)ccc1O. The molecule has 3 aromatic rings. The van der Waals surface area contributed by atoms with Crippen LogP contribution in [-0.4, -0.2) is 44.5 Å². The lowest BCUT2D eigenvalue weighted by Gasteiger charge is -2.10. The van der Waals surface area contributed by atoms with Crippen LogP contribution in [0.4, 0.5) is 11.6 Å². The Morgan fingerprint density at radius 1 is 1.17 bits per heavy atom. The minimum absolute atomic E-state index is 0.0139. The Morgan fingerprint density at radius 2 is 1.94 bits per heavy atom. The maximum Gasteiger partial charge on any atom is 0.263 e. The molecule has 1 aromatic heterocycles. The van der Waals surface area contributed by atoms with E-state index in [0.717, 1.165) is 0 Å². The summed E-state index contributed by atoms with van der Waals surface area (Å²) in [6.45, 7) is 1.66. The highest BCUT2D eigenvalue weighted by atomic mass is 35.5.